The average Bonchev–Trinajstić information content (AvgIpc) is 2.53. The molecule has 0 aromatic heterocycles. The fourth-order valence-corrected chi connectivity index (χ4v) is 3.80. The van der Waals surface area contributed by atoms with Crippen LogP contribution in [0.3, 0.4) is 0 Å². The van der Waals surface area contributed by atoms with Crippen LogP contribution in [0.2, 0.25) is 0 Å². The Bertz CT molecular complexity index is 556. The molecule has 0 bridgehead atoms. The molecule has 4 heteroatoms. The van der Waals surface area contributed by atoms with Gasteiger partial charge in [-0.05, 0) is 36.3 Å². The van der Waals surface area contributed by atoms with Gasteiger partial charge in [0.2, 0.25) is 0 Å². The van der Waals surface area contributed by atoms with Gasteiger partial charge in [0.05, 0.1) is 11.1 Å². The number of carbonyl (C=O) groups is 2. The Hall–Kier alpha value is -1.84. The van der Waals surface area contributed by atoms with Crippen LogP contribution in [0.4, 0.5) is 0 Å². The van der Waals surface area contributed by atoms with Gasteiger partial charge in [0.15, 0.2) is 0 Å². The first-order valence-corrected chi connectivity index (χ1v) is 8.12. The topological polar surface area (TPSA) is 74.6 Å². The number of rotatable bonds is 6. The predicted octanol–water partition coefficient (Wildman–Crippen LogP) is 4.48. The van der Waals surface area contributed by atoms with Crippen molar-refractivity contribution in [2.24, 2.45) is 0 Å². The van der Waals surface area contributed by atoms with Crippen LogP contribution in [0.25, 0.3) is 0 Å². The highest BCUT2D eigenvalue weighted by Crippen LogP contribution is 2.45. The molecule has 0 spiro atoms. The lowest BCUT2D eigenvalue weighted by atomic mass is 9.65. The zero-order valence-corrected chi connectivity index (χ0v) is 13.1. The van der Waals surface area contributed by atoms with Gasteiger partial charge >= 0.3 is 11.9 Å². The predicted molar refractivity (Wildman–Crippen MR) is 84.6 cm³/mol. The van der Waals surface area contributed by atoms with Crippen LogP contribution in [0.15, 0.2) is 18.2 Å². The van der Waals surface area contributed by atoms with Crippen molar-refractivity contribution >= 4 is 11.9 Å². The van der Waals surface area contributed by atoms with Crippen LogP contribution in [0.1, 0.15) is 84.6 Å². The van der Waals surface area contributed by atoms with Gasteiger partial charge in [-0.15, -0.1) is 0 Å². The van der Waals surface area contributed by atoms with Crippen molar-refractivity contribution in [1.29, 1.82) is 0 Å². The van der Waals surface area contributed by atoms with Crippen molar-refractivity contribution in [3.8, 4) is 0 Å². The minimum Gasteiger partial charge on any atom is -0.478 e. The third kappa shape index (κ3) is 3.16. The van der Waals surface area contributed by atoms with E-state index in [9.17, 15) is 19.8 Å². The number of unbranched alkanes of at least 4 members (excludes halogenated alkanes) is 1. The summed E-state index contributed by atoms with van der Waals surface area (Å²) >= 11 is 0. The summed E-state index contributed by atoms with van der Waals surface area (Å²) in [4.78, 5) is 23.2. The third-order valence-corrected chi connectivity index (χ3v) is 4.90. The molecule has 0 aliphatic heterocycles. The van der Waals surface area contributed by atoms with Crippen molar-refractivity contribution in [3.05, 3.63) is 34.9 Å². The summed E-state index contributed by atoms with van der Waals surface area (Å²) in [5, 5.41) is 18.9. The van der Waals surface area contributed by atoms with E-state index < -0.39 is 11.9 Å². The molecule has 1 aromatic carbocycles. The van der Waals surface area contributed by atoms with Gasteiger partial charge in [0.1, 0.15) is 0 Å². The lowest BCUT2D eigenvalue weighted by Crippen LogP contribution is -2.32. The standard InChI is InChI=1S/C18H24O4/c1-2-3-10-18(11-5-4-6-12-18)14-9-7-8-13(16(19)20)15(14)17(21)22/h7-9H,2-6,10-12H2,1H3,(H,19,20)(H,21,22). The first-order chi connectivity index (χ1) is 10.5. The monoisotopic (exact) mass is 304 g/mol. The number of carboxylic acids is 2. The van der Waals surface area contributed by atoms with Crippen molar-refractivity contribution < 1.29 is 19.8 Å². The van der Waals surface area contributed by atoms with Gasteiger partial charge in [-0.2, -0.15) is 0 Å². The molecule has 2 N–H and O–H groups in total. The van der Waals surface area contributed by atoms with Gasteiger partial charge in [-0.25, -0.2) is 9.59 Å². The van der Waals surface area contributed by atoms with Gasteiger partial charge < -0.3 is 10.2 Å². The Labute approximate surface area is 131 Å². The lowest BCUT2D eigenvalue weighted by molar-refractivity contribution is 0.0647. The van der Waals surface area contributed by atoms with Crippen LogP contribution >= 0.6 is 0 Å². The highest BCUT2D eigenvalue weighted by molar-refractivity contribution is 6.03. The van der Waals surface area contributed by atoms with Crippen molar-refractivity contribution in [1.82, 2.24) is 0 Å². The molecule has 1 aliphatic rings. The number of hydrogen-bond acceptors (Lipinski definition) is 2. The van der Waals surface area contributed by atoms with Crippen molar-refractivity contribution in [3.63, 3.8) is 0 Å². The molecule has 22 heavy (non-hydrogen) atoms. The second-order valence-corrected chi connectivity index (χ2v) is 6.28. The molecule has 0 radical (unpaired) electrons. The van der Waals surface area contributed by atoms with Gasteiger partial charge in [0.25, 0.3) is 0 Å². The quantitative estimate of drug-likeness (QED) is 0.812. The minimum absolute atomic E-state index is 0.00648. The van der Waals surface area contributed by atoms with Crippen LogP contribution in [0.5, 0.6) is 0 Å². The molecule has 1 aliphatic carbocycles. The number of hydrogen-bond donors (Lipinski definition) is 2. The zero-order valence-electron chi connectivity index (χ0n) is 13.1. The summed E-state index contributed by atoms with van der Waals surface area (Å²) < 4.78 is 0. The Morgan fingerprint density at radius 2 is 1.77 bits per heavy atom. The fourth-order valence-electron chi connectivity index (χ4n) is 3.80. The van der Waals surface area contributed by atoms with E-state index in [1.165, 1.54) is 12.5 Å². The normalized spacial score (nSPS) is 17.1. The molecule has 2 rings (SSSR count). The molecule has 4 nitrogen and oxygen atoms in total. The molecular formula is C18H24O4. The van der Waals surface area contributed by atoms with E-state index in [0.29, 0.717) is 0 Å². The third-order valence-electron chi connectivity index (χ3n) is 4.90. The van der Waals surface area contributed by atoms with E-state index in [0.717, 1.165) is 50.5 Å². The highest BCUT2D eigenvalue weighted by atomic mass is 16.4. The molecular weight excluding hydrogens is 280 g/mol. The molecule has 0 unspecified atom stereocenters. The summed E-state index contributed by atoms with van der Waals surface area (Å²) in [6, 6.07) is 4.91. The second kappa shape index (κ2) is 6.95. The first-order valence-electron chi connectivity index (χ1n) is 8.12. The maximum absolute atomic E-state index is 11.7. The lowest BCUT2D eigenvalue weighted by Gasteiger charge is -2.39. The largest absolute Gasteiger partial charge is 0.478 e. The van der Waals surface area contributed by atoms with Crippen molar-refractivity contribution in [2.75, 3.05) is 0 Å². The average molecular weight is 304 g/mol. The molecule has 120 valence electrons. The highest BCUT2D eigenvalue weighted by Gasteiger charge is 2.37. The van der Waals surface area contributed by atoms with Crippen LogP contribution in [0, 0.1) is 0 Å². The molecule has 1 saturated carbocycles. The summed E-state index contributed by atoms with van der Waals surface area (Å²) in [5.74, 6) is -2.30. The van der Waals surface area contributed by atoms with E-state index in [1.54, 1.807) is 6.07 Å². The van der Waals surface area contributed by atoms with E-state index in [1.807, 2.05) is 6.07 Å². The maximum Gasteiger partial charge on any atom is 0.336 e. The van der Waals surface area contributed by atoms with Crippen LogP contribution in [-0.2, 0) is 5.41 Å². The van der Waals surface area contributed by atoms with Crippen LogP contribution < -0.4 is 0 Å². The first kappa shape index (κ1) is 16.5. The maximum atomic E-state index is 11.7. The Morgan fingerprint density at radius 1 is 1.09 bits per heavy atom. The molecule has 0 saturated heterocycles. The number of benzene rings is 1. The summed E-state index contributed by atoms with van der Waals surface area (Å²) in [6.07, 6.45) is 8.29. The molecule has 1 aromatic rings. The summed E-state index contributed by atoms with van der Waals surface area (Å²) in [6.45, 7) is 2.13. The molecule has 0 heterocycles. The Balaban J connectivity index is 2.58. The van der Waals surface area contributed by atoms with Crippen LogP contribution in [-0.4, -0.2) is 22.2 Å². The van der Waals surface area contributed by atoms with E-state index in [2.05, 4.69) is 6.92 Å². The Morgan fingerprint density at radius 3 is 2.32 bits per heavy atom. The van der Waals surface area contributed by atoms with E-state index in [4.69, 9.17) is 0 Å². The molecule has 0 amide bonds. The van der Waals surface area contributed by atoms with Crippen molar-refractivity contribution in [2.45, 2.75) is 63.7 Å². The minimum atomic E-state index is -1.17. The van der Waals surface area contributed by atoms with E-state index in [-0.39, 0.29) is 16.5 Å². The van der Waals surface area contributed by atoms with E-state index >= 15 is 0 Å². The fraction of sp³-hybridized carbons (Fsp3) is 0.556. The number of carboxylic acid groups (broad SMARTS) is 2. The molecule has 1 fully saturated rings. The second-order valence-electron chi connectivity index (χ2n) is 6.28. The van der Waals surface area contributed by atoms with Gasteiger partial charge in [0, 0.05) is 0 Å². The molecule has 0 atom stereocenters. The Kier molecular flexibility index (Phi) is 5.22. The SMILES string of the molecule is CCCCC1(c2cccc(C(=O)O)c2C(=O)O)CCCCC1. The zero-order chi connectivity index (χ0) is 16.2. The number of aromatic carboxylic acids is 2. The smallest absolute Gasteiger partial charge is 0.336 e. The summed E-state index contributed by atoms with van der Waals surface area (Å²) in [7, 11) is 0. The summed E-state index contributed by atoms with van der Waals surface area (Å²) in [5.41, 5.74) is 0.459. The van der Waals surface area contributed by atoms with Gasteiger partial charge in [-0.1, -0.05) is 51.2 Å². The van der Waals surface area contributed by atoms with Gasteiger partial charge in [-0.3, -0.25) is 0 Å².